The van der Waals surface area contributed by atoms with Gasteiger partial charge in [0.15, 0.2) is 11.5 Å². The second-order valence-electron chi connectivity index (χ2n) is 6.15. The van der Waals surface area contributed by atoms with E-state index in [0.717, 1.165) is 16.7 Å². The molecule has 1 amide bonds. The molecule has 0 N–H and O–H groups in total. The molecule has 130 valence electrons. The lowest BCUT2D eigenvalue weighted by atomic mass is 9.98. The van der Waals surface area contributed by atoms with Crippen LogP contribution in [0.2, 0.25) is 0 Å². The van der Waals surface area contributed by atoms with Crippen LogP contribution in [-0.2, 0) is 17.8 Å². The maximum atomic E-state index is 12.6. The summed E-state index contributed by atoms with van der Waals surface area (Å²) >= 11 is 0. The largest absolute Gasteiger partial charge is 0.493 e. The molecule has 0 aliphatic carbocycles. The van der Waals surface area contributed by atoms with Gasteiger partial charge < -0.3 is 14.4 Å². The van der Waals surface area contributed by atoms with Gasteiger partial charge in [-0.05, 0) is 36.6 Å². The molecule has 0 unspecified atom stereocenters. The molecule has 0 aromatic heterocycles. The van der Waals surface area contributed by atoms with Gasteiger partial charge in [0.05, 0.1) is 14.2 Å². The number of hydrogen-bond donors (Lipinski definition) is 0. The van der Waals surface area contributed by atoms with Gasteiger partial charge in [0.2, 0.25) is 5.78 Å². The first-order valence-electron chi connectivity index (χ1n) is 8.17. The van der Waals surface area contributed by atoms with Crippen molar-refractivity contribution in [2.24, 2.45) is 0 Å². The SMILES string of the molecule is COc1cc2c(cc1OC)CN(C(=O)C(=O)c1ccc(C)cc1)CC2. The minimum Gasteiger partial charge on any atom is -0.493 e. The Balaban J connectivity index is 1.81. The van der Waals surface area contributed by atoms with Crippen molar-refractivity contribution < 1.29 is 19.1 Å². The minimum atomic E-state index is -0.469. The predicted molar refractivity (Wildman–Crippen MR) is 94.2 cm³/mol. The lowest BCUT2D eigenvalue weighted by Crippen LogP contribution is -2.40. The third-order valence-electron chi connectivity index (χ3n) is 4.51. The van der Waals surface area contributed by atoms with E-state index in [1.165, 1.54) is 0 Å². The van der Waals surface area contributed by atoms with Crippen molar-refractivity contribution in [3.63, 3.8) is 0 Å². The Hall–Kier alpha value is -2.82. The van der Waals surface area contributed by atoms with Gasteiger partial charge in [0.1, 0.15) is 0 Å². The van der Waals surface area contributed by atoms with Crippen LogP contribution in [0.5, 0.6) is 11.5 Å². The van der Waals surface area contributed by atoms with E-state index in [-0.39, 0.29) is 0 Å². The summed E-state index contributed by atoms with van der Waals surface area (Å²) in [5.74, 6) is 0.366. The number of aryl methyl sites for hydroxylation is 1. The van der Waals surface area contributed by atoms with Crippen molar-refractivity contribution in [3.05, 3.63) is 58.7 Å². The Bertz CT molecular complexity index is 811. The fourth-order valence-corrected chi connectivity index (χ4v) is 3.03. The number of methoxy groups -OCH3 is 2. The number of ether oxygens (including phenoxy) is 2. The molecule has 0 atom stereocenters. The number of rotatable bonds is 4. The van der Waals surface area contributed by atoms with Crippen LogP contribution in [0.3, 0.4) is 0 Å². The zero-order valence-corrected chi connectivity index (χ0v) is 14.7. The number of hydrogen-bond acceptors (Lipinski definition) is 4. The van der Waals surface area contributed by atoms with Crippen LogP contribution >= 0.6 is 0 Å². The van der Waals surface area contributed by atoms with Gasteiger partial charge in [-0.3, -0.25) is 9.59 Å². The Labute approximate surface area is 147 Å². The van der Waals surface area contributed by atoms with Gasteiger partial charge >= 0.3 is 0 Å². The summed E-state index contributed by atoms with van der Waals surface area (Å²) in [5.41, 5.74) is 3.57. The average Bonchev–Trinajstić information content (AvgIpc) is 2.65. The molecule has 0 saturated heterocycles. The van der Waals surface area contributed by atoms with Gasteiger partial charge in [0, 0.05) is 18.7 Å². The molecule has 2 aromatic carbocycles. The molecule has 1 aliphatic heterocycles. The zero-order chi connectivity index (χ0) is 18.0. The van der Waals surface area contributed by atoms with Crippen molar-refractivity contribution in [1.29, 1.82) is 0 Å². The van der Waals surface area contributed by atoms with Gasteiger partial charge in [-0.15, -0.1) is 0 Å². The monoisotopic (exact) mass is 339 g/mol. The number of carbonyl (C=O) groups is 2. The quantitative estimate of drug-likeness (QED) is 0.635. The molecule has 25 heavy (non-hydrogen) atoms. The van der Waals surface area contributed by atoms with Crippen molar-refractivity contribution >= 4 is 11.7 Å². The normalized spacial score (nSPS) is 13.2. The third kappa shape index (κ3) is 3.36. The summed E-state index contributed by atoms with van der Waals surface area (Å²) in [5, 5.41) is 0. The maximum Gasteiger partial charge on any atom is 0.295 e. The first-order valence-corrected chi connectivity index (χ1v) is 8.17. The van der Waals surface area contributed by atoms with Crippen molar-refractivity contribution in [1.82, 2.24) is 4.90 Å². The van der Waals surface area contributed by atoms with E-state index in [1.807, 2.05) is 31.2 Å². The number of fused-ring (bicyclic) bond motifs is 1. The van der Waals surface area contributed by atoms with Crippen molar-refractivity contribution in [2.45, 2.75) is 19.9 Å². The summed E-state index contributed by atoms with van der Waals surface area (Å²) in [6, 6.07) is 10.9. The molecular formula is C20H21NO4. The standard InChI is InChI=1S/C20H21NO4/c1-13-4-6-14(7-5-13)19(22)20(23)21-9-8-15-10-17(24-2)18(25-3)11-16(15)12-21/h4-7,10-11H,8-9,12H2,1-3H3. The van der Waals surface area contributed by atoms with E-state index >= 15 is 0 Å². The average molecular weight is 339 g/mol. The van der Waals surface area contributed by atoms with Crippen LogP contribution in [-0.4, -0.2) is 37.4 Å². The molecule has 0 spiro atoms. The topological polar surface area (TPSA) is 55.8 Å². The maximum absolute atomic E-state index is 12.6. The molecular weight excluding hydrogens is 318 g/mol. The molecule has 1 heterocycles. The second-order valence-corrected chi connectivity index (χ2v) is 6.15. The summed E-state index contributed by atoms with van der Waals surface area (Å²) in [7, 11) is 3.18. The van der Waals surface area contributed by atoms with Crippen LogP contribution in [0.15, 0.2) is 36.4 Å². The van der Waals surface area contributed by atoms with E-state index in [4.69, 9.17) is 9.47 Å². The highest BCUT2D eigenvalue weighted by Gasteiger charge is 2.27. The molecule has 0 saturated carbocycles. The second kappa shape index (κ2) is 6.97. The predicted octanol–water partition coefficient (Wildman–Crippen LogP) is 2.78. The van der Waals surface area contributed by atoms with Crippen LogP contribution < -0.4 is 9.47 Å². The highest BCUT2D eigenvalue weighted by atomic mass is 16.5. The molecule has 5 heteroatoms. The molecule has 1 aliphatic rings. The zero-order valence-electron chi connectivity index (χ0n) is 14.7. The smallest absolute Gasteiger partial charge is 0.295 e. The fourth-order valence-electron chi connectivity index (χ4n) is 3.03. The molecule has 2 aromatic rings. The third-order valence-corrected chi connectivity index (χ3v) is 4.51. The van der Waals surface area contributed by atoms with Gasteiger partial charge in [-0.25, -0.2) is 0 Å². The lowest BCUT2D eigenvalue weighted by Gasteiger charge is -2.29. The summed E-state index contributed by atoms with van der Waals surface area (Å²) < 4.78 is 10.7. The molecule has 3 rings (SSSR count). The van der Waals surface area contributed by atoms with E-state index in [0.29, 0.717) is 36.6 Å². The number of nitrogens with zero attached hydrogens (tertiary/aromatic N) is 1. The number of ketones is 1. The van der Waals surface area contributed by atoms with Crippen LogP contribution in [0.1, 0.15) is 27.0 Å². The van der Waals surface area contributed by atoms with Gasteiger partial charge in [0.25, 0.3) is 5.91 Å². The van der Waals surface area contributed by atoms with Gasteiger partial charge in [-0.1, -0.05) is 29.8 Å². The molecule has 5 nitrogen and oxygen atoms in total. The van der Waals surface area contributed by atoms with Crippen LogP contribution in [0.4, 0.5) is 0 Å². The van der Waals surface area contributed by atoms with E-state index < -0.39 is 11.7 Å². The van der Waals surface area contributed by atoms with E-state index in [2.05, 4.69) is 0 Å². The molecule has 0 radical (unpaired) electrons. The summed E-state index contributed by atoms with van der Waals surface area (Å²) in [6.45, 7) is 2.85. The van der Waals surface area contributed by atoms with Crippen molar-refractivity contribution in [2.75, 3.05) is 20.8 Å². The Morgan fingerprint density at radius 2 is 1.56 bits per heavy atom. The number of benzene rings is 2. The van der Waals surface area contributed by atoms with Crippen LogP contribution in [0, 0.1) is 6.92 Å². The lowest BCUT2D eigenvalue weighted by molar-refractivity contribution is -0.127. The molecule has 0 fully saturated rings. The first kappa shape index (κ1) is 17.0. The number of amides is 1. The Morgan fingerprint density at radius 3 is 2.16 bits per heavy atom. The fraction of sp³-hybridized carbons (Fsp3) is 0.300. The van der Waals surface area contributed by atoms with Crippen LogP contribution in [0.25, 0.3) is 0 Å². The number of carbonyl (C=O) groups excluding carboxylic acids is 2. The molecule has 0 bridgehead atoms. The first-order chi connectivity index (χ1) is 12.0. The number of Topliss-reactive ketones (excluding diaryl/α,β-unsaturated/α-hetero) is 1. The summed E-state index contributed by atoms with van der Waals surface area (Å²) in [4.78, 5) is 26.6. The van der Waals surface area contributed by atoms with Gasteiger partial charge in [-0.2, -0.15) is 0 Å². The summed E-state index contributed by atoms with van der Waals surface area (Å²) in [6.07, 6.45) is 0.683. The highest BCUT2D eigenvalue weighted by Crippen LogP contribution is 2.33. The Morgan fingerprint density at radius 1 is 0.960 bits per heavy atom. The van der Waals surface area contributed by atoms with E-state index in [1.54, 1.807) is 31.3 Å². The van der Waals surface area contributed by atoms with E-state index in [9.17, 15) is 9.59 Å². The minimum absolute atomic E-state index is 0.395. The Kier molecular flexibility index (Phi) is 4.74. The highest BCUT2D eigenvalue weighted by molar-refractivity contribution is 6.42. The van der Waals surface area contributed by atoms with Crippen molar-refractivity contribution in [3.8, 4) is 11.5 Å².